The highest BCUT2D eigenvalue weighted by atomic mass is 16.6. The lowest BCUT2D eigenvalue weighted by molar-refractivity contribution is -0.155. The summed E-state index contributed by atoms with van der Waals surface area (Å²) in [6, 6.07) is 0. The lowest BCUT2D eigenvalue weighted by Crippen LogP contribution is -2.17. The molecule has 1 N–H and O–H groups in total. The van der Waals surface area contributed by atoms with Crippen molar-refractivity contribution in [1.29, 1.82) is 0 Å². The fraction of sp³-hybridized carbons (Fsp3) is 1.00. The summed E-state index contributed by atoms with van der Waals surface area (Å²) in [6.45, 7) is 3.48. The van der Waals surface area contributed by atoms with E-state index < -0.39 is 12.4 Å². The molecule has 3 nitrogen and oxygen atoms in total. The van der Waals surface area contributed by atoms with E-state index in [0.29, 0.717) is 6.42 Å². The Hall–Kier alpha value is -0.120. The van der Waals surface area contributed by atoms with Crippen LogP contribution in [0.3, 0.4) is 0 Å². The number of ether oxygens (including phenoxy) is 1. The van der Waals surface area contributed by atoms with Gasteiger partial charge in [-0.1, -0.05) is 6.92 Å². The predicted octanol–water partition coefficient (Wildman–Crippen LogP) is 0.550. The summed E-state index contributed by atoms with van der Waals surface area (Å²) < 4.78 is 4.65. The lowest BCUT2D eigenvalue weighted by atomic mass is 10.4. The molecule has 0 bridgehead atoms. The van der Waals surface area contributed by atoms with Crippen LogP contribution in [-0.2, 0) is 9.84 Å². The van der Waals surface area contributed by atoms with E-state index in [0.717, 1.165) is 0 Å². The Morgan fingerprint density at radius 2 is 2.22 bits per heavy atom. The Labute approximate surface area is 55.3 Å². The molecule has 0 aliphatic heterocycles. The molecular formula is C6H13O3. The van der Waals surface area contributed by atoms with Crippen molar-refractivity contribution in [3.05, 3.63) is 0 Å². The molecule has 0 aliphatic carbocycles. The van der Waals surface area contributed by atoms with Crippen LogP contribution in [0.25, 0.3) is 0 Å². The van der Waals surface area contributed by atoms with Crippen LogP contribution >= 0.6 is 0 Å². The molecule has 1 radical (unpaired) electrons. The summed E-state index contributed by atoms with van der Waals surface area (Å²) in [5.41, 5.74) is 0. The Bertz CT molecular complexity index is 63.3. The molecule has 2 atom stereocenters. The Morgan fingerprint density at radius 3 is 2.56 bits per heavy atom. The standard InChI is InChI=1S/C6H13O3/c1-3-6(8)9-4-5(2)7/h5-7H,3-4H2,1-2H3. The Morgan fingerprint density at radius 1 is 1.67 bits per heavy atom. The summed E-state index contributed by atoms with van der Waals surface area (Å²) in [4.78, 5) is 0. The third-order valence-corrected chi connectivity index (χ3v) is 0.857. The second-order valence-electron chi connectivity index (χ2n) is 2.02. The van der Waals surface area contributed by atoms with Crippen LogP contribution in [0.2, 0.25) is 0 Å². The molecule has 0 fully saturated rings. The molecular weight excluding hydrogens is 120 g/mol. The van der Waals surface area contributed by atoms with Gasteiger partial charge >= 0.3 is 0 Å². The van der Waals surface area contributed by atoms with Crippen molar-refractivity contribution >= 4 is 0 Å². The highest BCUT2D eigenvalue weighted by Gasteiger charge is 2.03. The number of hydrogen-bond donors (Lipinski definition) is 1. The summed E-state index contributed by atoms with van der Waals surface area (Å²) in [5.74, 6) is 0. The van der Waals surface area contributed by atoms with Gasteiger partial charge in [-0.05, 0) is 13.3 Å². The van der Waals surface area contributed by atoms with E-state index in [1.165, 1.54) is 0 Å². The molecule has 0 aliphatic rings. The van der Waals surface area contributed by atoms with Gasteiger partial charge in [0.2, 0.25) is 0 Å². The second kappa shape index (κ2) is 4.73. The van der Waals surface area contributed by atoms with Crippen LogP contribution in [0.1, 0.15) is 20.3 Å². The van der Waals surface area contributed by atoms with Crippen molar-refractivity contribution in [2.24, 2.45) is 0 Å². The van der Waals surface area contributed by atoms with Gasteiger partial charge in [0.15, 0.2) is 6.29 Å². The molecule has 3 heteroatoms. The minimum absolute atomic E-state index is 0.141. The predicted molar refractivity (Wildman–Crippen MR) is 32.4 cm³/mol. The lowest BCUT2D eigenvalue weighted by Gasteiger charge is -2.08. The van der Waals surface area contributed by atoms with Crippen LogP contribution in [0.4, 0.5) is 0 Å². The zero-order valence-corrected chi connectivity index (χ0v) is 5.83. The summed E-state index contributed by atoms with van der Waals surface area (Å²) in [7, 11) is 0. The number of rotatable bonds is 4. The SMILES string of the molecule is CCC([O])OCC(C)O. The maximum atomic E-state index is 10.5. The molecule has 55 valence electrons. The van der Waals surface area contributed by atoms with Gasteiger partial charge in [0.05, 0.1) is 12.7 Å². The number of aliphatic hydroxyl groups excluding tert-OH is 1. The van der Waals surface area contributed by atoms with Gasteiger partial charge in [-0.3, -0.25) is 0 Å². The molecule has 0 saturated heterocycles. The molecule has 0 aromatic heterocycles. The topological polar surface area (TPSA) is 49.4 Å². The van der Waals surface area contributed by atoms with E-state index >= 15 is 0 Å². The maximum absolute atomic E-state index is 10.5. The van der Waals surface area contributed by atoms with Gasteiger partial charge < -0.3 is 9.84 Å². The third kappa shape index (κ3) is 5.76. The minimum Gasteiger partial charge on any atom is -0.391 e. The van der Waals surface area contributed by atoms with Gasteiger partial charge in [0.25, 0.3) is 0 Å². The summed E-state index contributed by atoms with van der Waals surface area (Å²) in [6.07, 6.45) is -1.06. The normalized spacial score (nSPS) is 17.3. The molecule has 2 unspecified atom stereocenters. The van der Waals surface area contributed by atoms with Crippen LogP contribution in [0.5, 0.6) is 0 Å². The quantitative estimate of drug-likeness (QED) is 0.569. The minimum atomic E-state index is -0.973. The molecule has 0 aromatic rings. The summed E-state index contributed by atoms with van der Waals surface area (Å²) in [5, 5.41) is 19.1. The molecule has 9 heavy (non-hydrogen) atoms. The zero-order valence-electron chi connectivity index (χ0n) is 5.83. The highest BCUT2D eigenvalue weighted by Crippen LogP contribution is 1.94. The van der Waals surface area contributed by atoms with Gasteiger partial charge in [0.1, 0.15) is 0 Å². The van der Waals surface area contributed by atoms with Crippen molar-refractivity contribution in [1.82, 2.24) is 0 Å². The monoisotopic (exact) mass is 133 g/mol. The average molecular weight is 133 g/mol. The molecule has 0 saturated carbocycles. The van der Waals surface area contributed by atoms with Crippen molar-refractivity contribution < 1.29 is 14.9 Å². The first-order valence-electron chi connectivity index (χ1n) is 3.12. The molecule has 0 rings (SSSR count). The van der Waals surface area contributed by atoms with E-state index in [-0.39, 0.29) is 6.61 Å². The van der Waals surface area contributed by atoms with E-state index in [1.54, 1.807) is 13.8 Å². The van der Waals surface area contributed by atoms with Crippen LogP contribution < -0.4 is 0 Å². The first-order valence-corrected chi connectivity index (χ1v) is 3.12. The van der Waals surface area contributed by atoms with Gasteiger partial charge in [-0.15, -0.1) is 0 Å². The fourth-order valence-corrected chi connectivity index (χ4v) is 0.364. The summed E-state index contributed by atoms with van der Waals surface area (Å²) >= 11 is 0. The average Bonchev–Trinajstić information content (AvgIpc) is 1.83. The molecule has 0 heterocycles. The van der Waals surface area contributed by atoms with Crippen molar-refractivity contribution in [3.8, 4) is 0 Å². The number of aliphatic hydroxyl groups is 1. The third-order valence-electron chi connectivity index (χ3n) is 0.857. The number of hydrogen-bond acceptors (Lipinski definition) is 2. The van der Waals surface area contributed by atoms with Gasteiger partial charge in [-0.25, -0.2) is 5.11 Å². The van der Waals surface area contributed by atoms with Crippen molar-refractivity contribution in [3.63, 3.8) is 0 Å². The fourth-order valence-electron chi connectivity index (χ4n) is 0.364. The molecule has 0 spiro atoms. The molecule has 0 amide bonds. The largest absolute Gasteiger partial charge is 0.391 e. The molecule has 0 aromatic carbocycles. The first-order chi connectivity index (χ1) is 4.16. The first kappa shape index (κ1) is 8.88. The zero-order chi connectivity index (χ0) is 7.28. The van der Waals surface area contributed by atoms with Crippen LogP contribution in [0, 0.1) is 0 Å². The van der Waals surface area contributed by atoms with Crippen LogP contribution in [0.15, 0.2) is 0 Å². The maximum Gasteiger partial charge on any atom is 0.191 e. The van der Waals surface area contributed by atoms with E-state index in [1.807, 2.05) is 0 Å². The van der Waals surface area contributed by atoms with E-state index in [9.17, 15) is 5.11 Å². The van der Waals surface area contributed by atoms with Gasteiger partial charge in [-0.2, -0.15) is 0 Å². The van der Waals surface area contributed by atoms with Crippen molar-refractivity contribution in [2.75, 3.05) is 6.61 Å². The van der Waals surface area contributed by atoms with Crippen LogP contribution in [-0.4, -0.2) is 24.1 Å². The Kier molecular flexibility index (Phi) is 4.67. The van der Waals surface area contributed by atoms with Gasteiger partial charge in [0, 0.05) is 0 Å². The van der Waals surface area contributed by atoms with E-state index in [2.05, 4.69) is 4.74 Å². The van der Waals surface area contributed by atoms with E-state index in [4.69, 9.17) is 5.11 Å². The highest BCUT2D eigenvalue weighted by molar-refractivity contribution is 4.42. The van der Waals surface area contributed by atoms with Crippen molar-refractivity contribution in [2.45, 2.75) is 32.7 Å². The Balaban J connectivity index is 3.06. The second-order valence-corrected chi connectivity index (χ2v) is 2.02. The smallest absolute Gasteiger partial charge is 0.191 e.